The molecule has 0 aromatic heterocycles. The van der Waals surface area contributed by atoms with E-state index in [-0.39, 0.29) is 0 Å². The standard InChI is InChI=1S/C15H23NO2/c1-3-16-12(2)14-6-8-15(9-7-14)18-11-17-10-13-4-5-13/h6-9,12-13,16H,3-5,10-11H2,1-2H3. The van der Waals surface area contributed by atoms with Crippen molar-refractivity contribution in [1.29, 1.82) is 0 Å². The predicted molar refractivity (Wildman–Crippen MR) is 72.7 cm³/mol. The number of benzene rings is 1. The van der Waals surface area contributed by atoms with Gasteiger partial charge in [-0.1, -0.05) is 19.1 Å². The molecular weight excluding hydrogens is 226 g/mol. The molecule has 0 radical (unpaired) electrons. The molecule has 3 heteroatoms. The zero-order valence-electron chi connectivity index (χ0n) is 11.3. The third kappa shape index (κ3) is 4.31. The summed E-state index contributed by atoms with van der Waals surface area (Å²) in [6.07, 6.45) is 2.63. The van der Waals surface area contributed by atoms with Crippen molar-refractivity contribution in [2.75, 3.05) is 19.9 Å². The molecule has 1 atom stereocenters. The van der Waals surface area contributed by atoms with Crippen LogP contribution in [0, 0.1) is 5.92 Å². The van der Waals surface area contributed by atoms with Crippen molar-refractivity contribution in [2.24, 2.45) is 5.92 Å². The lowest BCUT2D eigenvalue weighted by molar-refractivity contribution is 0.00997. The summed E-state index contributed by atoms with van der Waals surface area (Å²) in [6, 6.07) is 8.59. The van der Waals surface area contributed by atoms with Gasteiger partial charge >= 0.3 is 0 Å². The molecule has 0 bridgehead atoms. The van der Waals surface area contributed by atoms with Gasteiger partial charge in [0.05, 0.1) is 6.61 Å². The molecule has 0 aliphatic heterocycles. The van der Waals surface area contributed by atoms with Gasteiger partial charge in [0.25, 0.3) is 0 Å². The summed E-state index contributed by atoms with van der Waals surface area (Å²) in [7, 11) is 0. The van der Waals surface area contributed by atoms with Gasteiger partial charge in [-0.2, -0.15) is 0 Å². The van der Waals surface area contributed by atoms with Crippen molar-refractivity contribution >= 4 is 0 Å². The maximum Gasteiger partial charge on any atom is 0.189 e. The molecule has 0 amide bonds. The molecule has 1 aliphatic rings. The first-order valence-electron chi connectivity index (χ1n) is 6.83. The van der Waals surface area contributed by atoms with E-state index in [1.165, 1.54) is 18.4 Å². The number of hydrogen-bond acceptors (Lipinski definition) is 3. The maximum absolute atomic E-state index is 5.54. The van der Waals surface area contributed by atoms with Crippen LogP contribution < -0.4 is 10.1 Å². The molecule has 1 unspecified atom stereocenters. The second-order valence-electron chi connectivity index (χ2n) is 4.92. The Hall–Kier alpha value is -1.06. The molecule has 1 fully saturated rings. The van der Waals surface area contributed by atoms with Crippen molar-refractivity contribution in [3.05, 3.63) is 29.8 Å². The van der Waals surface area contributed by atoms with E-state index in [2.05, 4.69) is 31.3 Å². The van der Waals surface area contributed by atoms with E-state index in [0.29, 0.717) is 12.8 Å². The van der Waals surface area contributed by atoms with Gasteiger partial charge in [-0.25, -0.2) is 0 Å². The van der Waals surface area contributed by atoms with E-state index in [4.69, 9.17) is 9.47 Å². The van der Waals surface area contributed by atoms with Crippen molar-refractivity contribution in [3.63, 3.8) is 0 Å². The summed E-state index contributed by atoms with van der Waals surface area (Å²) in [4.78, 5) is 0. The summed E-state index contributed by atoms with van der Waals surface area (Å²) < 4.78 is 11.0. The summed E-state index contributed by atoms with van der Waals surface area (Å²) >= 11 is 0. The van der Waals surface area contributed by atoms with Crippen molar-refractivity contribution in [3.8, 4) is 5.75 Å². The van der Waals surface area contributed by atoms with Gasteiger partial charge in [-0.3, -0.25) is 0 Å². The number of hydrogen-bond donors (Lipinski definition) is 1. The lowest BCUT2D eigenvalue weighted by Crippen LogP contribution is -2.17. The molecule has 3 nitrogen and oxygen atoms in total. The molecule has 1 aromatic rings. The zero-order chi connectivity index (χ0) is 12.8. The van der Waals surface area contributed by atoms with Gasteiger partial charge in [-0.05, 0) is 49.9 Å². The van der Waals surface area contributed by atoms with Crippen LogP contribution >= 0.6 is 0 Å². The molecule has 1 aromatic carbocycles. The lowest BCUT2D eigenvalue weighted by atomic mass is 10.1. The highest BCUT2D eigenvalue weighted by Gasteiger charge is 2.21. The first-order valence-corrected chi connectivity index (χ1v) is 6.83. The Balaban J connectivity index is 1.72. The highest BCUT2D eigenvalue weighted by molar-refractivity contribution is 5.28. The van der Waals surface area contributed by atoms with E-state index in [0.717, 1.165) is 24.8 Å². The smallest absolute Gasteiger partial charge is 0.189 e. The Morgan fingerprint density at radius 3 is 2.61 bits per heavy atom. The van der Waals surface area contributed by atoms with Crippen molar-refractivity contribution in [2.45, 2.75) is 32.7 Å². The minimum atomic E-state index is 0.360. The molecule has 1 saturated carbocycles. The summed E-state index contributed by atoms with van der Waals surface area (Å²) in [6.45, 7) is 6.46. The SMILES string of the molecule is CCNC(C)c1ccc(OCOCC2CC2)cc1. The van der Waals surface area contributed by atoms with E-state index < -0.39 is 0 Å². The Morgan fingerprint density at radius 2 is 2.00 bits per heavy atom. The van der Waals surface area contributed by atoms with Crippen molar-refractivity contribution in [1.82, 2.24) is 5.32 Å². The van der Waals surface area contributed by atoms with Crippen molar-refractivity contribution < 1.29 is 9.47 Å². The van der Waals surface area contributed by atoms with Gasteiger partial charge in [0, 0.05) is 6.04 Å². The van der Waals surface area contributed by atoms with E-state index in [9.17, 15) is 0 Å². The maximum atomic E-state index is 5.54. The van der Waals surface area contributed by atoms with Gasteiger partial charge in [0.15, 0.2) is 6.79 Å². The van der Waals surface area contributed by atoms with Gasteiger partial charge in [0.1, 0.15) is 5.75 Å². The second-order valence-corrected chi connectivity index (χ2v) is 4.92. The van der Waals surface area contributed by atoms with Gasteiger partial charge in [-0.15, -0.1) is 0 Å². The Labute approximate surface area is 109 Å². The van der Waals surface area contributed by atoms with Crippen LogP contribution in [0.1, 0.15) is 38.3 Å². The summed E-state index contributed by atoms with van der Waals surface area (Å²) in [5.74, 6) is 1.66. The first kappa shape index (κ1) is 13.4. The molecule has 1 N–H and O–H groups in total. The quantitative estimate of drug-likeness (QED) is 0.567. The molecule has 2 rings (SSSR count). The Morgan fingerprint density at radius 1 is 1.28 bits per heavy atom. The van der Waals surface area contributed by atoms with Crippen LogP contribution in [0.4, 0.5) is 0 Å². The van der Waals surface area contributed by atoms with Crippen LogP contribution in [0.5, 0.6) is 5.75 Å². The molecule has 100 valence electrons. The lowest BCUT2D eigenvalue weighted by Gasteiger charge is -2.13. The Kier molecular flexibility index (Phi) is 5.02. The van der Waals surface area contributed by atoms with Crippen LogP contribution in [0.2, 0.25) is 0 Å². The van der Waals surface area contributed by atoms with E-state index in [1.807, 2.05) is 12.1 Å². The fraction of sp³-hybridized carbons (Fsp3) is 0.600. The summed E-state index contributed by atoms with van der Waals surface area (Å²) in [5, 5.41) is 3.39. The monoisotopic (exact) mass is 249 g/mol. The fourth-order valence-electron chi connectivity index (χ4n) is 1.89. The molecule has 0 spiro atoms. The highest BCUT2D eigenvalue weighted by Crippen LogP contribution is 2.28. The van der Waals surface area contributed by atoms with Crippen LogP contribution in [-0.2, 0) is 4.74 Å². The minimum Gasteiger partial charge on any atom is -0.468 e. The molecular formula is C15H23NO2. The van der Waals surface area contributed by atoms with E-state index >= 15 is 0 Å². The second kappa shape index (κ2) is 6.76. The van der Waals surface area contributed by atoms with Crippen LogP contribution in [0.15, 0.2) is 24.3 Å². The normalized spacial score (nSPS) is 16.6. The first-order chi connectivity index (χ1) is 8.79. The predicted octanol–water partition coefficient (Wildman–Crippen LogP) is 3.12. The zero-order valence-corrected chi connectivity index (χ0v) is 11.3. The largest absolute Gasteiger partial charge is 0.468 e. The number of ether oxygens (including phenoxy) is 2. The molecule has 0 saturated heterocycles. The summed E-state index contributed by atoms with van der Waals surface area (Å²) in [5.41, 5.74) is 1.28. The topological polar surface area (TPSA) is 30.5 Å². The molecule has 0 heterocycles. The number of nitrogens with one attached hydrogen (secondary N) is 1. The average molecular weight is 249 g/mol. The average Bonchev–Trinajstić information content (AvgIpc) is 3.20. The highest BCUT2D eigenvalue weighted by atomic mass is 16.7. The van der Waals surface area contributed by atoms with Crippen LogP contribution in [-0.4, -0.2) is 19.9 Å². The van der Waals surface area contributed by atoms with Crippen LogP contribution in [0.25, 0.3) is 0 Å². The van der Waals surface area contributed by atoms with Crippen LogP contribution in [0.3, 0.4) is 0 Å². The fourth-order valence-corrected chi connectivity index (χ4v) is 1.89. The minimum absolute atomic E-state index is 0.360. The van der Waals surface area contributed by atoms with E-state index in [1.54, 1.807) is 0 Å². The number of rotatable bonds is 8. The van der Waals surface area contributed by atoms with Gasteiger partial charge in [0.2, 0.25) is 0 Å². The molecule has 18 heavy (non-hydrogen) atoms. The van der Waals surface area contributed by atoms with Gasteiger partial charge < -0.3 is 14.8 Å². The third-order valence-electron chi connectivity index (χ3n) is 3.25. The third-order valence-corrected chi connectivity index (χ3v) is 3.25. The molecule has 1 aliphatic carbocycles. The Bertz CT molecular complexity index is 346.